The molecule has 0 aromatic carbocycles. The van der Waals surface area contributed by atoms with Gasteiger partial charge in [0.2, 0.25) is 0 Å². The highest BCUT2D eigenvalue weighted by atomic mass is 79.9. The molecule has 6 heteroatoms. The maximum Gasteiger partial charge on any atom is 0.325 e. The Morgan fingerprint density at radius 1 is 1.38 bits per heavy atom. The smallest absolute Gasteiger partial charge is 0.325 e. The molecule has 1 aromatic rings. The van der Waals surface area contributed by atoms with Crippen molar-refractivity contribution in [3.05, 3.63) is 28.5 Å². The molecule has 0 unspecified atom stereocenters. The summed E-state index contributed by atoms with van der Waals surface area (Å²) in [6, 6.07) is 3.50. The third kappa shape index (κ3) is 5.12. The molecule has 1 rings (SSSR count). The number of nitrogens with zero attached hydrogens (tertiary/aromatic N) is 2. The number of rotatable bonds is 7. The Balaban J connectivity index is 2.96. The Hall–Kier alpha value is -1.43. The van der Waals surface area contributed by atoms with Gasteiger partial charge in [0.1, 0.15) is 12.2 Å². The summed E-state index contributed by atoms with van der Waals surface area (Å²) in [5.41, 5.74) is 0.312. The number of carbonyl (C=O) groups excluding carboxylic acids is 2. The van der Waals surface area contributed by atoms with Gasteiger partial charge in [-0.15, -0.1) is 0 Å². The van der Waals surface area contributed by atoms with Crippen molar-refractivity contribution in [2.75, 3.05) is 20.2 Å². The first-order valence-electron chi connectivity index (χ1n) is 7.00. The van der Waals surface area contributed by atoms with Crippen molar-refractivity contribution < 1.29 is 14.3 Å². The van der Waals surface area contributed by atoms with Gasteiger partial charge in [-0.3, -0.25) is 9.59 Å². The number of ether oxygens (including phenoxy) is 1. The van der Waals surface area contributed by atoms with Gasteiger partial charge in [0.25, 0.3) is 5.91 Å². The molecule has 5 nitrogen and oxygen atoms in total. The van der Waals surface area contributed by atoms with Gasteiger partial charge in [-0.2, -0.15) is 0 Å². The highest BCUT2D eigenvalue weighted by molar-refractivity contribution is 9.10. The molecule has 0 N–H and O–H groups in total. The molecule has 1 amide bonds. The largest absolute Gasteiger partial charge is 0.468 e. The Labute approximate surface area is 133 Å². The zero-order valence-electron chi connectivity index (χ0n) is 12.6. The Kier molecular flexibility index (Phi) is 7.36. The molecule has 0 aliphatic carbocycles. The number of methoxy groups -OCH3 is 1. The second-order valence-electron chi connectivity index (χ2n) is 4.78. The Morgan fingerprint density at radius 2 is 2.05 bits per heavy atom. The van der Waals surface area contributed by atoms with E-state index in [1.807, 2.05) is 0 Å². The third-order valence-corrected chi connectivity index (χ3v) is 4.07. The third-order valence-electron chi connectivity index (χ3n) is 3.43. The van der Waals surface area contributed by atoms with Crippen LogP contribution in [0.15, 0.2) is 22.8 Å². The normalized spacial score (nSPS) is 10.5. The predicted molar refractivity (Wildman–Crippen MR) is 83.9 cm³/mol. The zero-order valence-corrected chi connectivity index (χ0v) is 14.2. The zero-order chi connectivity index (χ0) is 15.8. The lowest BCUT2D eigenvalue weighted by molar-refractivity contribution is -0.141. The number of aromatic nitrogens is 1. The molecule has 0 fully saturated rings. The molecule has 0 aliphatic rings. The molecule has 116 valence electrons. The number of pyridine rings is 1. The van der Waals surface area contributed by atoms with Gasteiger partial charge in [0.05, 0.1) is 7.11 Å². The van der Waals surface area contributed by atoms with E-state index in [9.17, 15) is 9.59 Å². The number of hydrogen-bond donors (Lipinski definition) is 0. The number of halogens is 1. The quantitative estimate of drug-likeness (QED) is 0.704. The first-order valence-corrected chi connectivity index (χ1v) is 7.79. The highest BCUT2D eigenvalue weighted by Gasteiger charge is 2.24. The van der Waals surface area contributed by atoms with Gasteiger partial charge in [0, 0.05) is 17.2 Å². The molecule has 0 atom stereocenters. The lowest BCUT2D eigenvalue weighted by Gasteiger charge is -2.25. The first kappa shape index (κ1) is 17.6. The van der Waals surface area contributed by atoms with Crippen LogP contribution in [-0.4, -0.2) is 42.0 Å². The van der Waals surface area contributed by atoms with E-state index in [1.54, 1.807) is 18.3 Å². The minimum absolute atomic E-state index is 0.0607. The molecular weight excluding hydrogens is 336 g/mol. The van der Waals surface area contributed by atoms with E-state index >= 15 is 0 Å². The first-order chi connectivity index (χ1) is 10.0. The van der Waals surface area contributed by atoms with E-state index in [0.29, 0.717) is 22.6 Å². The molecule has 21 heavy (non-hydrogen) atoms. The van der Waals surface area contributed by atoms with E-state index in [-0.39, 0.29) is 12.5 Å². The second-order valence-corrected chi connectivity index (χ2v) is 5.63. The Bertz CT molecular complexity index is 490. The number of esters is 1. The lowest BCUT2D eigenvalue weighted by atomic mass is 10.0. The van der Waals surface area contributed by atoms with Gasteiger partial charge < -0.3 is 9.64 Å². The van der Waals surface area contributed by atoms with Gasteiger partial charge in [-0.05, 0) is 34.0 Å². The summed E-state index contributed by atoms with van der Waals surface area (Å²) in [5.74, 6) is -0.345. The van der Waals surface area contributed by atoms with E-state index in [4.69, 9.17) is 0 Å². The average Bonchev–Trinajstić information content (AvgIpc) is 2.50. The fraction of sp³-hybridized carbons (Fsp3) is 0.533. The van der Waals surface area contributed by atoms with Gasteiger partial charge in [-0.1, -0.05) is 26.7 Å². The van der Waals surface area contributed by atoms with Gasteiger partial charge in [-0.25, -0.2) is 4.98 Å². The van der Waals surface area contributed by atoms with Crippen molar-refractivity contribution in [1.29, 1.82) is 0 Å². The van der Waals surface area contributed by atoms with E-state index in [1.165, 1.54) is 12.0 Å². The van der Waals surface area contributed by atoms with Crippen LogP contribution in [0.5, 0.6) is 0 Å². The van der Waals surface area contributed by atoms with E-state index in [0.717, 1.165) is 12.8 Å². The molecule has 0 bridgehead atoms. The van der Waals surface area contributed by atoms with Gasteiger partial charge in [0.15, 0.2) is 0 Å². The van der Waals surface area contributed by atoms with Crippen LogP contribution >= 0.6 is 15.9 Å². The molecule has 0 spiro atoms. The van der Waals surface area contributed by atoms with Crippen LogP contribution in [0.25, 0.3) is 0 Å². The van der Waals surface area contributed by atoms with E-state index < -0.39 is 5.97 Å². The van der Waals surface area contributed by atoms with Gasteiger partial charge >= 0.3 is 5.97 Å². The van der Waals surface area contributed by atoms with Crippen LogP contribution < -0.4 is 0 Å². The minimum atomic E-state index is -0.429. The number of carbonyl (C=O) groups is 2. The maximum absolute atomic E-state index is 12.6. The van der Waals surface area contributed by atoms with Crippen LogP contribution in [0.3, 0.4) is 0 Å². The molecule has 0 saturated carbocycles. The second kappa shape index (κ2) is 8.77. The summed E-state index contributed by atoms with van der Waals surface area (Å²) in [4.78, 5) is 29.8. The van der Waals surface area contributed by atoms with Crippen LogP contribution in [0.4, 0.5) is 0 Å². The van der Waals surface area contributed by atoms with Crippen LogP contribution in [0.2, 0.25) is 0 Å². The molecule has 1 aromatic heterocycles. The highest BCUT2D eigenvalue weighted by Crippen LogP contribution is 2.18. The summed E-state index contributed by atoms with van der Waals surface area (Å²) < 4.78 is 5.30. The van der Waals surface area contributed by atoms with Crippen molar-refractivity contribution in [1.82, 2.24) is 9.88 Å². The summed E-state index contributed by atoms with van der Waals surface area (Å²) >= 11 is 3.32. The molecule has 0 aliphatic heterocycles. The van der Waals surface area contributed by atoms with Crippen LogP contribution in [-0.2, 0) is 9.53 Å². The molecular formula is C15H21BrN2O3. The minimum Gasteiger partial charge on any atom is -0.468 e. The fourth-order valence-electron chi connectivity index (χ4n) is 1.99. The SMILES string of the molecule is CCC(CC)CN(CC(=O)OC)C(=O)c1ncccc1Br. The molecule has 0 radical (unpaired) electrons. The fourth-order valence-corrected chi connectivity index (χ4v) is 2.42. The van der Waals surface area contributed by atoms with Crippen molar-refractivity contribution in [3.8, 4) is 0 Å². The van der Waals surface area contributed by atoms with Crippen LogP contribution in [0, 0.1) is 5.92 Å². The molecule has 0 saturated heterocycles. The maximum atomic E-state index is 12.6. The summed E-state index contributed by atoms with van der Waals surface area (Å²) in [5, 5.41) is 0. The predicted octanol–water partition coefficient (Wildman–Crippen LogP) is 2.90. The van der Waals surface area contributed by atoms with Crippen molar-refractivity contribution in [2.45, 2.75) is 26.7 Å². The van der Waals surface area contributed by atoms with Crippen molar-refractivity contribution in [3.63, 3.8) is 0 Å². The number of hydrogen-bond acceptors (Lipinski definition) is 4. The standard InChI is InChI=1S/C15H21BrN2O3/c1-4-11(5-2)9-18(10-13(19)21-3)15(20)14-12(16)7-6-8-17-14/h6-8,11H,4-5,9-10H2,1-3H3. The topological polar surface area (TPSA) is 59.5 Å². The Morgan fingerprint density at radius 3 is 2.57 bits per heavy atom. The summed E-state index contributed by atoms with van der Waals surface area (Å²) in [6.45, 7) is 4.61. The summed E-state index contributed by atoms with van der Waals surface area (Å²) in [6.07, 6.45) is 3.46. The van der Waals surface area contributed by atoms with Crippen LogP contribution in [0.1, 0.15) is 37.2 Å². The molecule has 1 heterocycles. The van der Waals surface area contributed by atoms with Crippen molar-refractivity contribution in [2.24, 2.45) is 5.92 Å². The van der Waals surface area contributed by atoms with Crippen molar-refractivity contribution >= 4 is 27.8 Å². The van der Waals surface area contributed by atoms with E-state index in [2.05, 4.69) is 39.5 Å². The number of amides is 1. The lowest BCUT2D eigenvalue weighted by Crippen LogP contribution is -2.40. The summed E-state index contributed by atoms with van der Waals surface area (Å²) in [7, 11) is 1.32. The monoisotopic (exact) mass is 356 g/mol. The average molecular weight is 357 g/mol.